The summed E-state index contributed by atoms with van der Waals surface area (Å²) in [5, 5.41) is 0. The summed E-state index contributed by atoms with van der Waals surface area (Å²) >= 11 is 0. The molecule has 0 atom stereocenters. The van der Waals surface area contributed by atoms with E-state index in [1.54, 1.807) is 0 Å². The molecule has 0 heterocycles. The number of nitrogens with zero attached hydrogens (tertiary/aromatic N) is 1. The molecule has 0 bridgehead atoms. The molecule has 0 aliphatic heterocycles. The Morgan fingerprint density at radius 1 is 0.463 bits per heavy atom. The molecule has 0 amide bonds. The molecule has 0 unspecified atom stereocenters. The van der Waals surface area contributed by atoms with Crippen molar-refractivity contribution in [3.05, 3.63) is 151 Å². The van der Waals surface area contributed by atoms with E-state index in [1.165, 1.54) is 53.5 Å². The van der Waals surface area contributed by atoms with Crippen LogP contribution < -0.4 is 4.90 Å². The number of aryl methyl sites for hydroxylation is 1. The second kappa shape index (κ2) is 13.6. The van der Waals surface area contributed by atoms with Crippen molar-refractivity contribution >= 4 is 29.2 Å². The number of benzene rings is 5. The van der Waals surface area contributed by atoms with Gasteiger partial charge in [-0.05, 0) is 88.2 Å². The van der Waals surface area contributed by atoms with E-state index >= 15 is 0 Å². The van der Waals surface area contributed by atoms with E-state index in [4.69, 9.17) is 0 Å². The van der Waals surface area contributed by atoms with Gasteiger partial charge in [0.25, 0.3) is 0 Å². The third-order valence-electron chi connectivity index (χ3n) is 7.72. The van der Waals surface area contributed by atoms with E-state index in [0.29, 0.717) is 0 Å². The summed E-state index contributed by atoms with van der Waals surface area (Å²) in [5.41, 5.74) is 11.9. The van der Waals surface area contributed by atoms with Crippen LogP contribution in [0.2, 0.25) is 0 Å². The lowest BCUT2D eigenvalue weighted by Crippen LogP contribution is -2.10. The molecule has 1 nitrogen and oxygen atoms in total. The van der Waals surface area contributed by atoms with Gasteiger partial charge in [0.15, 0.2) is 0 Å². The maximum atomic E-state index is 3.87. The first-order valence-corrected chi connectivity index (χ1v) is 14.7. The van der Waals surface area contributed by atoms with Crippen LogP contribution in [0.4, 0.5) is 17.1 Å². The minimum Gasteiger partial charge on any atom is -0.311 e. The molecule has 0 spiro atoms. The van der Waals surface area contributed by atoms with Crippen molar-refractivity contribution in [3.63, 3.8) is 0 Å². The Labute approximate surface area is 246 Å². The van der Waals surface area contributed by atoms with Gasteiger partial charge in [0.2, 0.25) is 0 Å². The summed E-state index contributed by atoms with van der Waals surface area (Å²) in [4.78, 5) is 2.34. The van der Waals surface area contributed by atoms with Crippen LogP contribution >= 0.6 is 0 Å². The molecule has 0 aliphatic rings. The highest BCUT2D eigenvalue weighted by atomic mass is 15.1. The van der Waals surface area contributed by atoms with Crippen LogP contribution in [-0.2, 0) is 6.42 Å². The van der Waals surface area contributed by atoms with Crippen LogP contribution in [0.25, 0.3) is 34.4 Å². The zero-order valence-corrected chi connectivity index (χ0v) is 24.1. The molecule has 1 heteroatoms. The lowest BCUT2D eigenvalue weighted by Gasteiger charge is -2.26. The third kappa shape index (κ3) is 6.94. The summed E-state index contributed by atoms with van der Waals surface area (Å²) in [6.07, 6.45) is 10.0. The molecule has 41 heavy (non-hydrogen) atoms. The second-order valence-electron chi connectivity index (χ2n) is 10.6. The fraction of sp³-hybridized carbons (Fsp3) is 0.150. The minimum absolute atomic E-state index is 1.13. The Balaban J connectivity index is 1.45. The van der Waals surface area contributed by atoms with Gasteiger partial charge in [0, 0.05) is 17.1 Å². The van der Waals surface area contributed by atoms with E-state index in [-0.39, 0.29) is 0 Å². The first-order chi connectivity index (χ1) is 20.2. The van der Waals surface area contributed by atoms with Crippen molar-refractivity contribution in [3.8, 4) is 22.3 Å². The zero-order chi connectivity index (χ0) is 28.4. The number of hydrogen-bond acceptors (Lipinski definition) is 1. The Morgan fingerprint density at radius 2 is 0.829 bits per heavy atom. The normalized spacial score (nSPS) is 10.8. The molecule has 0 fully saturated rings. The third-order valence-corrected chi connectivity index (χ3v) is 7.72. The van der Waals surface area contributed by atoms with E-state index in [2.05, 4.69) is 146 Å². The summed E-state index contributed by atoms with van der Waals surface area (Å²) < 4.78 is 0. The van der Waals surface area contributed by atoms with Crippen molar-refractivity contribution in [2.75, 3.05) is 4.90 Å². The first kappa shape index (κ1) is 27.9. The first-order valence-electron chi connectivity index (χ1n) is 14.7. The molecule has 0 saturated carbocycles. The van der Waals surface area contributed by atoms with E-state index in [1.807, 2.05) is 12.2 Å². The summed E-state index contributed by atoms with van der Waals surface area (Å²) in [6.45, 7) is 10.0. The van der Waals surface area contributed by atoms with Crippen LogP contribution in [-0.4, -0.2) is 0 Å². The van der Waals surface area contributed by atoms with Crippen LogP contribution in [0.5, 0.6) is 0 Å². The van der Waals surface area contributed by atoms with Gasteiger partial charge in [-0.15, -0.1) is 0 Å². The smallest absolute Gasteiger partial charge is 0.0462 e. The standard InChI is InChI=1S/C40H39N/c1-4-7-8-9-10-33-15-25-38(26-16-33)41(39-27-21-36(22-28-39)34-17-11-31(5-2)12-18-34)40-29-23-37(24-30-40)35-19-13-32(6-3)14-20-35/h5-6,11-30H,2-4,7-10H2,1H3. The fourth-order valence-electron chi connectivity index (χ4n) is 5.24. The Hall–Kier alpha value is -4.62. The molecule has 0 N–H and O–H groups in total. The second-order valence-corrected chi connectivity index (χ2v) is 10.6. The number of anilines is 3. The monoisotopic (exact) mass is 533 g/mol. The average Bonchev–Trinajstić information content (AvgIpc) is 3.05. The van der Waals surface area contributed by atoms with Gasteiger partial charge in [-0.25, -0.2) is 0 Å². The highest BCUT2D eigenvalue weighted by molar-refractivity contribution is 5.80. The highest BCUT2D eigenvalue weighted by Gasteiger charge is 2.13. The van der Waals surface area contributed by atoms with Gasteiger partial charge in [-0.3, -0.25) is 0 Å². The molecule has 0 saturated heterocycles. The zero-order valence-electron chi connectivity index (χ0n) is 24.1. The highest BCUT2D eigenvalue weighted by Crippen LogP contribution is 2.37. The van der Waals surface area contributed by atoms with Crippen LogP contribution in [0.1, 0.15) is 49.3 Å². The molecular weight excluding hydrogens is 494 g/mol. The molecule has 5 aromatic rings. The Bertz CT molecular complexity index is 1440. The van der Waals surface area contributed by atoms with Gasteiger partial charge in [0.05, 0.1) is 0 Å². The van der Waals surface area contributed by atoms with Gasteiger partial charge >= 0.3 is 0 Å². The van der Waals surface area contributed by atoms with Crippen LogP contribution in [0.15, 0.2) is 134 Å². The van der Waals surface area contributed by atoms with E-state index < -0.39 is 0 Å². The number of unbranched alkanes of at least 4 members (excludes halogenated alkanes) is 3. The van der Waals surface area contributed by atoms with Crippen LogP contribution in [0, 0.1) is 0 Å². The molecule has 0 aromatic heterocycles. The van der Waals surface area contributed by atoms with Gasteiger partial charge < -0.3 is 4.90 Å². The number of hydrogen-bond donors (Lipinski definition) is 0. The van der Waals surface area contributed by atoms with Gasteiger partial charge in [-0.1, -0.05) is 136 Å². The quantitative estimate of drug-likeness (QED) is 0.144. The molecule has 5 aromatic carbocycles. The lowest BCUT2D eigenvalue weighted by molar-refractivity contribution is 0.667. The average molecular weight is 534 g/mol. The predicted octanol–water partition coefficient (Wildman–Crippen LogP) is 11.9. The Kier molecular flexibility index (Phi) is 9.29. The number of rotatable bonds is 12. The largest absolute Gasteiger partial charge is 0.311 e. The van der Waals surface area contributed by atoms with Crippen LogP contribution in [0.3, 0.4) is 0 Å². The molecule has 0 radical (unpaired) electrons. The molecular formula is C40H39N. The molecule has 5 rings (SSSR count). The maximum absolute atomic E-state index is 3.87. The fourth-order valence-corrected chi connectivity index (χ4v) is 5.24. The van der Waals surface area contributed by atoms with E-state index in [9.17, 15) is 0 Å². The summed E-state index contributed by atoms with van der Waals surface area (Å²) in [6, 6.07) is 43.9. The maximum Gasteiger partial charge on any atom is 0.0462 e. The summed E-state index contributed by atoms with van der Waals surface area (Å²) in [5.74, 6) is 0. The predicted molar refractivity (Wildman–Crippen MR) is 180 cm³/mol. The molecule has 0 aliphatic carbocycles. The van der Waals surface area contributed by atoms with Gasteiger partial charge in [0.1, 0.15) is 0 Å². The minimum atomic E-state index is 1.13. The Morgan fingerprint density at radius 3 is 1.20 bits per heavy atom. The van der Waals surface area contributed by atoms with Crippen molar-refractivity contribution in [1.82, 2.24) is 0 Å². The van der Waals surface area contributed by atoms with E-state index in [0.717, 1.165) is 34.6 Å². The summed E-state index contributed by atoms with van der Waals surface area (Å²) in [7, 11) is 0. The van der Waals surface area contributed by atoms with Crippen molar-refractivity contribution in [2.24, 2.45) is 0 Å². The lowest BCUT2D eigenvalue weighted by atomic mass is 10.0. The van der Waals surface area contributed by atoms with Crippen molar-refractivity contribution < 1.29 is 0 Å². The van der Waals surface area contributed by atoms with Crippen molar-refractivity contribution in [2.45, 2.75) is 39.0 Å². The van der Waals surface area contributed by atoms with Crippen molar-refractivity contribution in [1.29, 1.82) is 0 Å². The SMILES string of the molecule is C=Cc1ccc(-c2ccc(N(c3ccc(CCCCCC)cc3)c3ccc(-c4ccc(C=C)cc4)cc3)cc2)cc1. The molecule has 204 valence electrons. The van der Waals surface area contributed by atoms with Gasteiger partial charge in [-0.2, -0.15) is 0 Å². The topological polar surface area (TPSA) is 3.24 Å².